The van der Waals surface area contributed by atoms with Crippen molar-refractivity contribution in [1.29, 1.82) is 0 Å². The Morgan fingerprint density at radius 1 is 0.636 bits per heavy atom. The number of aliphatic hydroxyl groups is 1. The molecule has 22 heavy (non-hydrogen) atoms. The minimum absolute atomic E-state index is 0.396. The molecule has 0 aliphatic heterocycles. The van der Waals surface area contributed by atoms with Gasteiger partial charge in [-0.3, -0.25) is 0 Å². The lowest BCUT2D eigenvalue weighted by Gasteiger charge is -2.26. The number of hydrogen-bond donors (Lipinski definition) is 1. The summed E-state index contributed by atoms with van der Waals surface area (Å²) in [6.07, 6.45) is 13.1. The molecule has 0 heterocycles. The molecule has 0 aromatic rings. The molecule has 0 aromatic heterocycles. The van der Waals surface area contributed by atoms with E-state index < -0.39 is 5.60 Å². The van der Waals surface area contributed by atoms with Gasteiger partial charge in [-0.15, -0.1) is 0 Å². The fraction of sp³-hybridized carbons (Fsp3) is 1.00. The number of unbranched alkanes of at least 4 members (excludes halogenated alkanes) is 8. The van der Waals surface area contributed by atoms with Crippen LogP contribution in [-0.4, -0.2) is 37.1 Å². The average molecular weight is 317 g/mol. The quantitative estimate of drug-likeness (QED) is 0.379. The molecule has 0 radical (unpaired) electrons. The van der Waals surface area contributed by atoms with Crippen molar-refractivity contribution in [3.05, 3.63) is 0 Å². The maximum atomic E-state index is 10.5. The van der Waals surface area contributed by atoms with Crippen molar-refractivity contribution in [1.82, 2.24) is 0 Å². The summed E-state index contributed by atoms with van der Waals surface area (Å²) in [6.45, 7) is 8.74. The second-order valence-corrected chi connectivity index (χ2v) is 6.51. The molecular formula is C19H40O3. The Bertz CT molecular complexity index is 201. The first-order valence-corrected chi connectivity index (χ1v) is 9.56. The zero-order chi connectivity index (χ0) is 16.5. The lowest BCUT2D eigenvalue weighted by Crippen LogP contribution is -2.39. The summed E-state index contributed by atoms with van der Waals surface area (Å²) in [5.74, 6) is 0. The zero-order valence-corrected chi connectivity index (χ0v) is 15.4. The van der Waals surface area contributed by atoms with Crippen molar-refractivity contribution in [2.45, 2.75) is 97.0 Å². The third-order valence-corrected chi connectivity index (χ3v) is 4.18. The molecule has 3 heteroatoms. The molecule has 1 N–H and O–H groups in total. The third kappa shape index (κ3) is 13.5. The van der Waals surface area contributed by atoms with Crippen LogP contribution in [0.5, 0.6) is 0 Å². The summed E-state index contributed by atoms with van der Waals surface area (Å²) in [4.78, 5) is 0. The van der Waals surface area contributed by atoms with E-state index in [9.17, 15) is 5.11 Å². The first-order valence-electron chi connectivity index (χ1n) is 9.56. The van der Waals surface area contributed by atoms with Gasteiger partial charge in [0.15, 0.2) is 0 Å². The fourth-order valence-electron chi connectivity index (χ4n) is 2.39. The molecule has 0 unspecified atom stereocenters. The summed E-state index contributed by atoms with van der Waals surface area (Å²) >= 11 is 0. The molecule has 0 fully saturated rings. The SMILES string of the molecule is CCCCCCCOCC(O)(CC)COCCCCCCC. The second-order valence-electron chi connectivity index (χ2n) is 6.51. The van der Waals surface area contributed by atoms with Gasteiger partial charge in [-0.2, -0.15) is 0 Å². The Kier molecular flexibility index (Phi) is 15.7. The van der Waals surface area contributed by atoms with Gasteiger partial charge in [-0.05, 0) is 19.3 Å². The van der Waals surface area contributed by atoms with Crippen LogP contribution < -0.4 is 0 Å². The predicted molar refractivity (Wildman–Crippen MR) is 94.4 cm³/mol. The highest BCUT2D eigenvalue weighted by molar-refractivity contribution is 4.75. The van der Waals surface area contributed by atoms with Gasteiger partial charge in [0.2, 0.25) is 0 Å². The highest BCUT2D eigenvalue weighted by Gasteiger charge is 2.25. The standard InChI is InChI=1S/C19H40O3/c1-4-7-9-11-13-15-21-17-19(20,6-3)18-22-16-14-12-10-8-5-2/h20H,4-18H2,1-3H3. The van der Waals surface area contributed by atoms with Crippen molar-refractivity contribution in [3.8, 4) is 0 Å². The monoisotopic (exact) mass is 316 g/mol. The van der Waals surface area contributed by atoms with E-state index in [1.54, 1.807) is 0 Å². The maximum absolute atomic E-state index is 10.5. The molecule has 0 aromatic carbocycles. The highest BCUT2D eigenvalue weighted by atomic mass is 16.5. The van der Waals surface area contributed by atoms with Crippen LogP contribution in [0, 0.1) is 0 Å². The lowest BCUT2D eigenvalue weighted by atomic mass is 10.0. The average Bonchev–Trinajstić information content (AvgIpc) is 2.53. The summed E-state index contributed by atoms with van der Waals surface area (Å²) in [7, 11) is 0. The number of ether oxygens (including phenoxy) is 2. The van der Waals surface area contributed by atoms with E-state index in [0.717, 1.165) is 26.1 Å². The van der Waals surface area contributed by atoms with Crippen LogP contribution in [0.2, 0.25) is 0 Å². The van der Waals surface area contributed by atoms with Crippen molar-refractivity contribution in [2.24, 2.45) is 0 Å². The minimum Gasteiger partial charge on any atom is -0.385 e. The van der Waals surface area contributed by atoms with E-state index in [2.05, 4.69) is 13.8 Å². The smallest absolute Gasteiger partial charge is 0.111 e. The predicted octanol–water partition coefficient (Wildman–Crippen LogP) is 5.10. The lowest BCUT2D eigenvalue weighted by molar-refractivity contribution is -0.0981. The van der Waals surface area contributed by atoms with E-state index in [-0.39, 0.29) is 0 Å². The molecule has 0 aliphatic rings. The molecule has 3 nitrogen and oxygen atoms in total. The largest absolute Gasteiger partial charge is 0.385 e. The Hall–Kier alpha value is -0.120. The maximum Gasteiger partial charge on any atom is 0.111 e. The Labute approximate surface area is 138 Å². The van der Waals surface area contributed by atoms with Crippen molar-refractivity contribution < 1.29 is 14.6 Å². The summed E-state index contributed by atoms with van der Waals surface area (Å²) in [6, 6.07) is 0. The van der Waals surface area contributed by atoms with E-state index in [4.69, 9.17) is 9.47 Å². The summed E-state index contributed by atoms with van der Waals surface area (Å²) in [5.41, 5.74) is -0.813. The Morgan fingerprint density at radius 3 is 1.41 bits per heavy atom. The first kappa shape index (κ1) is 21.9. The minimum atomic E-state index is -0.813. The van der Waals surface area contributed by atoms with Gasteiger partial charge in [-0.25, -0.2) is 0 Å². The van der Waals surface area contributed by atoms with E-state index in [0.29, 0.717) is 19.6 Å². The summed E-state index contributed by atoms with van der Waals surface area (Å²) < 4.78 is 11.3. The number of rotatable bonds is 17. The molecule has 134 valence electrons. The summed E-state index contributed by atoms with van der Waals surface area (Å²) in [5, 5.41) is 10.5. The normalized spacial score (nSPS) is 12.0. The van der Waals surface area contributed by atoms with Gasteiger partial charge < -0.3 is 14.6 Å². The van der Waals surface area contributed by atoms with Gasteiger partial charge in [0.05, 0.1) is 13.2 Å². The molecule has 0 saturated carbocycles. The zero-order valence-electron chi connectivity index (χ0n) is 15.4. The van der Waals surface area contributed by atoms with Gasteiger partial charge in [0.1, 0.15) is 5.60 Å². The van der Waals surface area contributed by atoms with Crippen molar-refractivity contribution in [3.63, 3.8) is 0 Å². The molecule has 0 saturated heterocycles. The van der Waals surface area contributed by atoms with Crippen molar-refractivity contribution in [2.75, 3.05) is 26.4 Å². The van der Waals surface area contributed by atoms with Crippen LogP contribution in [-0.2, 0) is 9.47 Å². The van der Waals surface area contributed by atoms with Gasteiger partial charge >= 0.3 is 0 Å². The highest BCUT2D eigenvalue weighted by Crippen LogP contribution is 2.13. The van der Waals surface area contributed by atoms with Crippen LogP contribution >= 0.6 is 0 Å². The van der Waals surface area contributed by atoms with Crippen LogP contribution in [0.3, 0.4) is 0 Å². The molecule has 0 bridgehead atoms. The van der Waals surface area contributed by atoms with E-state index >= 15 is 0 Å². The van der Waals surface area contributed by atoms with E-state index in [1.807, 2.05) is 6.92 Å². The first-order chi connectivity index (χ1) is 10.7. The molecule has 0 spiro atoms. The molecule has 0 atom stereocenters. The molecule has 0 rings (SSSR count). The van der Waals surface area contributed by atoms with Crippen LogP contribution in [0.4, 0.5) is 0 Å². The van der Waals surface area contributed by atoms with Gasteiger partial charge in [0.25, 0.3) is 0 Å². The second kappa shape index (κ2) is 15.8. The van der Waals surface area contributed by atoms with Gasteiger partial charge in [0, 0.05) is 13.2 Å². The fourth-order valence-corrected chi connectivity index (χ4v) is 2.39. The molecule has 0 amide bonds. The van der Waals surface area contributed by atoms with Gasteiger partial charge in [-0.1, -0.05) is 72.1 Å². The van der Waals surface area contributed by atoms with Crippen molar-refractivity contribution >= 4 is 0 Å². The molecule has 0 aliphatic carbocycles. The molecular weight excluding hydrogens is 276 g/mol. The van der Waals surface area contributed by atoms with Crippen LogP contribution in [0.1, 0.15) is 91.4 Å². The van der Waals surface area contributed by atoms with Crippen LogP contribution in [0.15, 0.2) is 0 Å². The number of hydrogen-bond acceptors (Lipinski definition) is 3. The van der Waals surface area contributed by atoms with Crippen LogP contribution in [0.25, 0.3) is 0 Å². The third-order valence-electron chi connectivity index (χ3n) is 4.18. The van der Waals surface area contributed by atoms with E-state index in [1.165, 1.54) is 51.4 Å². The Balaban J connectivity index is 3.54. The Morgan fingerprint density at radius 2 is 1.05 bits per heavy atom. The topological polar surface area (TPSA) is 38.7 Å².